The summed E-state index contributed by atoms with van der Waals surface area (Å²) in [6.07, 6.45) is -3.12. The van der Waals surface area contributed by atoms with Gasteiger partial charge in [-0.15, -0.1) is 0 Å². The summed E-state index contributed by atoms with van der Waals surface area (Å²) in [5, 5.41) is 22.4. The molecule has 0 radical (unpaired) electrons. The van der Waals surface area contributed by atoms with Crippen molar-refractivity contribution < 1.29 is 52.9 Å². The number of aliphatic hydroxyl groups is 1. The van der Waals surface area contributed by atoms with Crippen molar-refractivity contribution in [2.24, 2.45) is 17.6 Å². The van der Waals surface area contributed by atoms with Crippen LogP contribution in [0.4, 0.5) is 4.79 Å². The lowest BCUT2D eigenvalue weighted by atomic mass is 9.97. The number of rotatable bonds is 26. The second-order valence-electron chi connectivity index (χ2n) is 17.6. The molecule has 0 bridgehead atoms. The Balaban J connectivity index is 1.79. The number of esters is 1. The molecular formula is C50H69N7O11. The molecule has 0 fully saturated rings. The van der Waals surface area contributed by atoms with Gasteiger partial charge in [0.15, 0.2) is 0 Å². The third-order valence-corrected chi connectivity index (χ3v) is 11.3. The Labute approximate surface area is 399 Å². The van der Waals surface area contributed by atoms with Crippen LogP contribution in [-0.4, -0.2) is 126 Å². The van der Waals surface area contributed by atoms with Gasteiger partial charge in [0, 0.05) is 26.9 Å². The Morgan fingerprint density at radius 2 is 1.19 bits per heavy atom. The fraction of sp³-hybridized carbons (Fsp3) is 0.480. The molecule has 7 atom stereocenters. The minimum absolute atomic E-state index is 0.0323. The van der Waals surface area contributed by atoms with Crippen LogP contribution >= 0.6 is 0 Å². The highest BCUT2D eigenvalue weighted by Crippen LogP contribution is 2.17. The number of aliphatic hydroxyl groups excluding tert-OH is 1. The van der Waals surface area contributed by atoms with Crippen molar-refractivity contribution in [2.45, 2.75) is 122 Å². The van der Waals surface area contributed by atoms with Crippen LogP contribution < -0.4 is 27.0 Å². The fourth-order valence-electron chi connectivity index (χ4n) is 7.46. The van der Waals surface area contributed by atoms with Crippen LogP contribution in [-0.2, 0) is 62.5 Å². The van der Waals surface area contributed by atoms with Gasteiger partial charge in [0.05, 0.1) is 25.7 Å². The molecule has 3 aromatic rings. The van der Waals surface area contributed by atoms with Crippen molar-refractivity contribution in [3.8, 4) is 0 Å². The van der Waals surface area contributed by atoms with Crippen molar-refractivity contribution in [3.05, 3.63) is 108 Å². The van der Waals surface area contributed by atoms with Crippen molar-refractivity contribution in [2.75, 3.05) is 21.2 Å². The first kappa shape index (κ1) is 55.5. The minimum Gasteiger partial charge on any atom is -0.467 e. The number of amides is 7. The molecular weight excluding hydrogens is 875 g/mol. The van der Waals surface area contributed by atoms with E-state index in [9.17, 15) is 43.5 Å². The normalized spacial score (nSPS) is 14.2. The molecule has 0 aliphatic carbocycles. The summed E-state index contributed by atoms with van der Waals surface area (Å²) < 4.78 is 10.3. The topological polar surface area (TPSA) is 256 Å². The molecule has 0 spiro atoms. The zero-order valence-electron chi connectivity index (χ0n) is 40.3. The van der Waals surface area contributed by atoms with E-state index in [0.717, 1.165) is 16.0 Å². The maximum atomic E-state index is 14.3. The van der Waals surface area contributed by atoms with E-state index in [4.69, 9.17) is 15.2 Å². The number of benzene rings is 3. The highest BCUT2D eigenvalue weighted by Gasteiger charge is 2.37. The van der Waals surface area contributed by atoms with Crippen molar-refractivity contribution in [1.82, 2.24) is 31.1 Å². The lowest BCUT2D eigenvalue weighted by Gasteiger charge is -2.34. The van der Waals surface area contributed by atoms with Gasteiger partial charge in [0.2, 0.25) is 35.4 Å². The van der Waals surface area contributed by atoms with E-state index in [1.807, 2.05) is 50.2 Å². The Morgan fingerprint density at radius 1 is 0.662 bits per heavy atom. The lowest BCUT2D eigenvalue weighted by Crippen LogP contribution is -2.58. The molecule has 0 unspecified atom stereocenters. The summed E-state index contributed by atoms with van der Waals surface area (Å²) in [6.45, 7) is 8.50. The van der Waals surface area contributed by atoms with Gasteiger partial charge in [-0.3, -0.25) is 28.8 Å². The number of nitrogens with one attached hydrogen (secondary N) is 4. The summed E-state index contributed by atoms with van der Waals surface area (Å²) in [5.74, 6) is -5.35. The molecule has 0 aliphatic rings. The van der Waals surface area contributed by atoms with Crippen LogP contribution in [0.2, 0.25) is 0 Å². The first-order valence-corrected chi connectivity index (χ1v) is 22.7. The van der Waals surface area contributed by atoms with Gasteiger partial charge < -0.3 is 51.4 Å². The van der Waals surface area contributed by atoms with Crippen LogP contribution in [0.3, 0.4) is 0 Å². The molecule has 7 N–H and O–H groups in total. The van der Waals surface area contributed by atoms with Crippen LogP contribution in [0.15, 0.2) is 91.0 Å². The van der Waals surface area contributed by atoms with Crippen LogP contribution in [0, 0.1) is 11.8 Å². The number of primary amides is 1. The zero-order chi connectivity index (χ0) is 50.5. The molecule has 3 aromatic carbocycles. The highest BCUT2D eigenvalue weighted by atomic mass is 16.5. The quantitative estimate of drug-likeness (QED) is 0.0638. The smallest absolute Gasteiger partial charge is 0.408 e. The van der Waals surface area contributed by atoms with Gasteiger partial charge in [-0.2, -0.15) is 0 Å². The van der Waals surface area contributed by atoms with E-state index < -0.39 is 102 Å². The zero-order valence-corrected chi connectivity index (χ0v) is 40.3. The third-order valence-electron chi connectivity index (χ3n) is 11.3. The van der Waals surface area contributed by atoms with Gasteiger partial charge in [-0.05, 0) is 54.7 Å². The Bertz CT molecular complexity index is 2130. The third kappa shape index (κ3) is 18.1. The molecule has 0 heterocycles. The number of alkyl carbamates (subject to hydrolysis) is 1. The number of carbonyl (C=O) groups excluding carboxylic acids is 8. The lowest BCUT2D eigenvalue weighted by molar-refractivity contribution is -0.152. The van der Waals surface area contributed by atoms with E-state index in [2.05, 4.69) is 21.3 Å². The number of nitrogens with zero attached hydrogens (tertiary/aromatic N) is 2. The van der Waals surface area contributed by atoms with E-state index in [1.54, 1.807) is 68.4 Å². The number of carbonyl (C=O) groups is 8. The van der Waals surface area contributed by atoms with Gasteiger partial charge in [-0.1, -0.05) is 119 Å². The number of hydrogen-bond acceptors (Lipinski definition) is 11. The Kier molecular flexibility index (Phi) is 22.6. The monoisotopic (exact) mass is 944 g/mol. The highest BCUT2D eigenvalue weighted by molar-refractivity contribution is 5.94. The number of ether oxygens (including phenoxy) is 2. The van der Waals surface area contributed by atoms with E-state index in [-0.39, 0.29) is 44.6 Å². The summed E-state index contributed by atoms with van der Waals surface area (Å²) in [4.78, 5) is 109. The van der Waals surface area contributed by atoms with Crippen molar-refractivity contribution in [3.63, 3.8) is 0 Å². The summed E-state index contributed by atoms with van der Waals surface area (Å²) in [6, 6.07) is 20.0. The van der Waals surface area contributed by atoms with E-state index in [0.29, 0.717) is 5.56 Å². The molecule has 0 aliphatic heterocycles. The van der Waals surface area contributed by atoms with Crippen LogP contribution in [0.5, 0.6) is 0 Å². The molecule has 18 nitrogen and oxygen atoms in total. The number of likely N-dealkylation sites (N-methyl/N-ethyl adjacent to an activating group) is 2. The first-order chi connectivity index (χ1) is 32.2. The fourth-order valence-corrected chi connectivity index (χ4v) is 7.46. The molecule has 18 heteroatoms. The average molecular weight is 944 g/mol. The molecule has 3 rings (SSSR count). The average Bonchev–Trinajstić information content (AvgIpc) is 3.30. The molecule has 0 saturated heterocycles. The summed E-state index contributed by atoms with van der Waals surface area (Å²) in [5.41, 5.74) is 7.69. The molecule has 0 aromatic heterocycles. The van der Waals surface area contributed by atoms with E-state index >= 15 is 0 Å². The largest absolute Gasteiger partial charge is 0.467 e. The van der Waals surface area contributed by atoms with Gasteiger partial charge >= 0.3 is 12.1 Å². The standard InChI is InChI=1S/C50H69N7O11/c1-31(2)26-38(45(61)52-33(5)47(63)57(7)40(49(65)67-8)28-35-20-14-10-15-21-35)53-43(60)29-41(58)37(27-34-18-12-9-13-19-34)54-46(62)39(24-25-42(51)59)56(6)48(64)44(32(3)4)55-50(66)68-30-36-22-16-11-17-23-36/h9-23,31-33,37-41,44,58H,24-30H2,1-8H3,(H2,51,59)(H,52,61)(H,53,60)(H,54,62)(H,55,66)/t33-,37-,38-,39-,40+,41-,44-/m0/s1. The SMILES string of the molecule is COC(=O)[C@@H](Cc1ccccc1)N(C)C(=O)[C@H](C)NC(=O)[C@H](CC(C)C)NC(=O)C[C@H](O)[C@H](Cc1ccccc1)NC(=O)[C@H](CCC(N)=O)N(C)C(=O)[C@@H](NC(=O)OCc1ccccc1)C(C)C. The molecule has 7 amide bonds. The van der Waals surface area contributed by atoms with Gasteiger partial charge in [0.1, 0.15) is 36.8 Å². The maximum absolute atomic E-state index is 14.3. The van der Waals surface area contributed by atoms with Crippen LogP contribution in [0.1, 0.15) is 77.0 Å². The number of nitrogens with two attached hydrogens (primary N) is 1. The Morgan fingerprint density at radius 3 is 1.71 bits per heavy atom. The minimum atomic E-state index is -1.54. The summed E-state index contributed by atoms with van der Waals surface area (Å²) in [7, 11) is 4.02. The second-order valence-corrected chi connectivity index (χ2v) is 17.6. The van der Waals surface area contributed by atoms with Gasteiger partial charge in [0.25, 0.3) is 0 Å². The maximum Gasteiger partial charge on any atom is 0.408 e. The van der Waals surface area contributed by atoms with Gasteiger partial charge in [-0.25, -0.2) is 9.59 Å². The molecule has 0 saturated carbocycles. The van der Waals surface area contributed by atoms with E-state index in [1.165, 1.54) is 33.0 Å². The summed E-state index contributed by atoms with van der Waals surface area (Å²) >= 11 is 0. The number of methoxy groups -OCH3 is 1. The van der Waals surface area contributed by atoms with Crippen molar-refractivity contribution in [1.29, 1.82) is 0 Å². The predicted molar refractivity (Wildman–Crippen MR) is 254 cm³/mol. The second kappa shape index (κ2) is 27.7. The Hall–Kier alpha value is -6.82. The number of hydrogen-bond donors (Lipinski definition) is 6. The van der Waals surface area contributed by atoms with Crippen LogP contribution in [0.25, 0.3) is 0 Å². The first-order valence-electron chi connectivity index (χ1n) is 22.7. The molecule has 68 heavy (non-hydrogen) atoms. The van der Waals surface area contributed by atoms with Crippen molar-refractivity contribution >= 4 is 47.5 Å². The predicted octanol–water partition coefficient (Wildman–Crippen LogP) is 2.79. The molecule has 370 valence electrons.